The number of rotatable bonds is 14. The van der Waals surface area contributed by atoms with Gasteiger partial charge in [0.1, 0.15) is 5.75 Å². The summed E-state index contributed by atoms with van der Waals surface area (Å²) in [5.41, 5.74) is 1.30. The Morgan fingerprint density at radius 3 is 2.45 bits per heavy atom. The van der Waals surface area contributed by atoms with Crippen molar-refractivity contribution in [2.24, 2.45) is 4.99 Å². The summed E-state index contributed by atoms with van der Waals surface area (Å²) in [5, 5.41) is 6.85. The highest BCUT2D eigenvalue weighted by molar-refractivity contribution is 5.79. The topological polar surface area (TPSA) is 67.4 Å². The number of benzene rings is 1. The highest BCUT2D eigenvalue weighted by Crippen LogP contribution is 2.26. The van der Waals surface area contributed by atoms with Crippen LogP contribution in [0.1, 0.15) is 50.6 Å². The maximum atomic E-state index is 5.53. The highest BCUT2D eigenvalue weighted by atomic mass is 16.5. The normalized spacial score (nSPS) is 16.2. The zero-order valence-electron chi connectivity index (χ0n) is 19.7. The lowest BCUT2D eigenvalue weighted by Gasteiger charge is -2.34. The molecule has 0 radical (unpaired) electrons. The molecule has 0 saturated carbocycles. The van der Waals surface area contributed by atoms with Gasteiger partial charge in [0.15, 0.2) is 5.96 Å². The number of unbranched alkanes of at least 4 members (excludes halogenated alkanes) is 1. The number of nitrogens with one attached hydrogen (secondary N) is 2. The van der Waals surface area contributed by atoms with E-state index in [0.717, 1.165) is 63.9 Å². The molecule has 0 aliphatic carbocycles. The monoisotopic (exact) mass is 434 g/mol. The number of nitrogens with zero attached hydrogens (tertiary/aromatic N) is 2. The zero-order chi connectivity index (χ0) is 22.2. The van der Waals surface area contributed by atoms with Crippen molar-refractivity contribution in [3.05, 3.63) is 29.8 Å². The second-order valence-electron chi connectivity index (χ2n) is 7.84. The third-order valence-corrected chi connectivity index (χ3v) is 5.54. The van der Waals surface area contributed by atoms with Gasteiger partial charge in [-0.15, -0.1) is 0 Å². The summed E-state index contributed by atoms with van der Waals surface area (Å²) in [6.45, 7) is 8.94. The molecule has 1 atom stereocenters. The molecule has 1 aromatic carbocycles. The number of aliphatic imine (C=N–C) groups is 1. The molecule has 0 amide bonds. The Kier molecular flexibility index (Phi) is 13.0. The summed E-state index contributed by atoms with van der Waals surface area (Å²) < 4.78 is 15.9. The third-order valence-electron chi connectivity index (χ3n) is 5.54. The predicted molar refractivity (Wildman–Crippen MR) is 127 cm³/mol. The maximum Gasteiger partial charge on any atom is 0.191 e. The Morgan fingerprint density at radius 2 is 1.77 bits per heavy atom. The quantitative estimate of drug-likeness (QED) is 0.266. The Bertz CT molecular complexity index is 603. The number of piperidine rings is 1. The third kappa shape index (κ3) is 9.89. The number of hydrogen-bond acceptors (Lipinski definition) is 5. The van der Waals surface area contributed by atoms with Gasteiger partial charge in [-0.2, -0.15) is 0 Å². The maximum absolute atomic E-state index is 5.53. The molecule has 1 aliphatic rings. The zero-order valence-corrected chi connectivity index (χ0v) is 19.7. The molecule has 31 heavy (non-hydrogen) atoms. The molecular formula is C24H42N4O3. The van der Waals surface area contributed by atoms with Crippen LogP contribution in [0.15, 0.2) is 29.3 Å². The smallest absolute Gasteiger partial charge is 0.191 e. The molecule has 1 unspecified atom stereocenters. The molecule has 1 heterocycles. The molecule has 1 fully saturated rings. The van der Waals surface area contributed by atoms with Crippen LogP contribution in [0.25, 0.3) is 0 Å². The molecule has 176 valence electrons. The molecule has 0 aromatic heterocycles. The number of guanidine groups is 1. The van der Waals surface area contributed by atoms with Gasteiger partial charge in [-0.05, 0) is 63.4 Å². The second-order valence-corrected chi connectivity index (χ2v) is 7.84. The first-order valence-electron chi connectivity index (χ1n) is 11.7. The van der Waals surface area contributed by atoms with Gasteiger partial charge < -0.3 is 24.8 Å². The lowest BCUT2D eigenvalue weighted by atomic mass is 10.0. The fourth-order valence-electron chi connectivity index (χ4n) is 3.79. The molecule has 1 saturated heterocycles. The Labute approximate surface area is 188 Å². The summed E-state index contributed by atoms with van der Waals surface area (Å²) in [7, 11) is 3.40. The SMILES string of the molecule is CCNC(=NCC(c1ccc(OC)cc1)N1CCCCC1)NCCCCOCCOC. The molecule has 2 rings (SSSR count). The Morgan fingerprint density at radius 1 is 1.00 bits per heavy atom. The number of hydrogen-bond donors (Lipinski definition) is 2. The number of ether oxygens (including phenoxy) is 3. The standard InChI is InChI=1S/C24H42N4O3/c1-4-25-24(26-14-6-9-17-31-19-18-29-2)27-20-23(28-15-7-5-8-16-28)21-10-12-22(30-3)13-11-21/h10-13,23H,4-9,14-20H2,1-3H3,(H2,25,26,27). The Hall–Kier alpha value is -1.83. The van der Waals surface area contributed by atoms with Gasteiger partial charge in [-0.1, -0.05) is 18.6 Å². The van der Waals surface area contributed by atoms with E-state index in [4.69, 9.17) is 19.2 Å². The largest absolute Gasteiger partial charge is 0.497 e. The van der Waals surface area contributed by atoms with E-state index in [9.17, 15) is 0 Å². The van der Waals surface area contributed by atoms with Crippen LogP contribution in [-0.2, 0) is 9.47 Å². The van der Waals surface area contributed by atoms with E-state index in [-0.39, 0.29) is 6.04 Å². The highest BCUT2D eigenvalue weighted by Gasteiger charge is 2.22. The molecule has 1 aliphatic heterocycles. The average Bonchev–Trinajstić information content (AvgIpc) is 2.82. The summed E-state index contributed by atoms with van der Waals surface area (Å²) in [6, 6.07) is 8.74. The van der Waals surface area contributed by atoms with Crippen LogP contribution in [0, 0.1) is 0 Å². The van der Waals surface area contributed by atoms with Crippen LogP contribution in [0.2, 0.25) is 0 Å². The van der Waals surface area contributed by atoms with Gasteiger partial charge in [0.25, 0.3) is 0 Å². The molecule has 0 spiro atoms. The van der Waals surface area contributed by atoms with Crippen molar-refractivity contribution in [3.8, 4) is 5.75 Å². The molecule has 7 heteroatoms. The molecular weight excluding hydrogens is 392 g/mol. The van der Waals surface area contributed by atoms with Crippen molar-refractivity contribution in [3.63, 3.8) is 0 Å². The summed E-state index contributed by atoms with van der Waals surface area (Å²) >= 11 is 0. The van der Waals surface area contributed by atoms with Crippen LogP contribution in [0.4, 0.5) is 0 Å². The van der Waals surface area contributed by atoms with Crippen LogP contribution in [0.5, 0.6) is 5.75 Å². The average molecular weight is 435 g/mol. The summed E-state index contributed by atoms with van der Waals surface area (Å²) in [5.74, 6) is 1.78. The van der Waals surface area contributed by atoms with Gasteiger partial charge in [-0.3, -0.25) is 9.89 Å². The van der Waals surface area contributed by atoms with Crippen LogP contribution < -0.4 is 15.4 Å². The van der Waals surface area contributed by atoms with Crippen molar-refractivity contribution in [1.82, 2.24) is 15.5 Å². The van der Waals surface area contributed by atoms with E-state index in [0.29, 0.717) is 13.2 Å². The van der Waals surface area contributed by atoms with E-state index in [1.807, 2.05) is 12.1 Å². The minimum atomic E-state index is 0.288. The first-order valence-corrected chi connectivity index (χ1v) is 11.7. The molecule has 0 bridgehead atoms. The fourth-order valence-corrected chi connectivity index (χ4v) is 3.79. The summed E-state index contributed by atoms with van der Waals surface area (Å²) in [6.07, 6.45) is 5.93. The van der Waals surface area contributed by atoms with Gasteiger partial charge >= 0.3 is 0 Å². The molecule has 2 N–H and O–H groups in total. The Balaban J connectivity index is 1.90. The van der Waals surface area contributed by atoms with Crippen molar-refractivity contribution in [1.29, 1.82) is 0 Å². The minimum absolute atomic E-state index is 0.288. The molecule has 7 nitrogen and oxygen atoms in total. The summed E-state index contributed by atoms with van der Waals surface area (Å²) in [4.78, 5) is 7.52. The van der Waals surface area contributed by atoms with E-state index in [2.05, 4.69) is 34.6 Å². The number of methoxy groups -OCH3 is 2. The van der Waals surface area contributed by atoms with E-state index in [1.165, 1.54) is 24.8 Å². The predicted octanol–water partition coefficient (Wildman–Crippen LogP) is 3.22. The van der Waals surface area contributed by atoms with Gasteiger partial charge in [0.05, 0.1) is 32.9 Å². The lowest BCUT2D eigenvalue weighted by Crippen LogP contribution is -2.40. The van der Waals surface area contributed by atoms with Crippen LogP contribution >= 0.6 is 0 Å². The first kappa shape index (κ1) is 25.4. The number of likely N-dealkylation sites (tertiary alicyclic amines) is 1. The van der Waals surface area contributed by atoms with Crippen molar-refractivity contribution in [2.75, 3.05) is 66.8 Å². The van der Waals surface area contributed by atoms with Crippen molar-refractivity contribution < 1.29 is 14.2 Å². The van der Waals surface area contributed by atoms with E-state index in [1.54, 1.807) is 14.2 Å². The lowest BCUT2D eigenvalue weighted by molar-refractivity contribution is 0.0689. The van der Waals surface area contributed by atoms with E-state index < -0.39 is 0 Å². The van der Waals surface area contributed by atoms with Gasteiger partial charge in [0.2, 0.25) is 0 Å². The van der Waals surface area contributed by atoms with Crippen LogP contribution in [0.3, 0.4) is 0 Å². The fraction of sp³-hybridized carbons (Fsp3) is 0.708. The van der Waals surface area contributed by atoms with Crippen molar-refractivity contribution in [2.45, 2.75) is 45.1 Å². The van der Waals surface area contributed by atoms with Gasteiger partial charge in [0, 0.05) is 26.8 Å². The van der Waals surface area contributed by atoms with E-state index >= 15 is 0 Å². The molecule has 1 aromatic rings. The van der Waals surface area contributed by atoms with Gasteiger partial charge in [-0.25, -0.2) is 0 Å². The van der Waals surface area contributed by atoms with Crippen LogP contribution in [-0.4, -0.2) is 77.6 Å². The van der Waals surface area contributed by atoms with Crippen molar-refractivity contribution >= 4 is 5.96 Å². The second kappa shape index (κ2) is 15.9. The minimum Gasteiger partial charge on any atom is -0.497 e. The first-order chi connectivity index (χ1) is 15.3.